The van der Waals surface area contributed by atoms with E-state index in [1.807, 2.05) is 17.6 Å². The number of hydrogen-bond acceptors (Lipinski definition) is 4. The minimum Gasteiger partial charge on any atom is -0.495 e. The summed E-state index contributed by atoms with van der Waals surface area (Å²) in [5.74, 6) is 2.58. The number of ether oxygens (including phenoxy) is 2. The molecular weight excluding hydrogens is 391 g/mol. The van der Waals surface area contributed by atoms with E-state index < -0.39 is 0 Å². The van der Waals surface area contributed by atoms with Crippen molar-refractivity contribution in [2.24, 2.45) is 17.8 Å². The summed E-state index contributed by atoms with van der Waals surface area (Å²) < 4.78 is 13.0. The Bertz CT molecular complexity index is 1020. The zero-order valence-corrected chi connectivity index (χ0v) is 18.5. The van der Waals surface area contributed by atoms with E-state index in [4.69, 9.17) is 9.47 Å². The van der Waals surface area contributed by atoms with Crippen molar-refractivity contribution in [1.29, 1.82) is 0 Å². The van der Waals surface area contributed by atoms with E-state index in [-0.39, 0.29) is 22.4 Å². The highest BCUT2D eigenvalue weighted by Crippen LogP contribution is 2.55. The van der Waals surface area contributed by atoms with Crippen LogP contribution in [0.15, 0.2) is 29.2 Å². The molecule has 1 amide bonds. The fraction of sp³-hybridized carbons (Fsp3) is 0.600. The van der Waals surface area contributed by atoms with Crippen molar-refractivity contribution in [2.45, 2.75) is 57.5 Å². The van der Waals surface area contributed by atoms with E-state index in [0.29, 0.717) is 36.4 Å². The van der Waals surface area contributed by atoms with Crippen LogP contribution in [0.25, 0.3) is 10.9 Å². The van der Waals surface area contributed by atoms with Crippen LogP contribution in [0.5, 0.6) is 5.75 Å². The number of hydrogen-bond donors (Lipinski definition) is 1. The van der Waals surface area contributed by atoms with Gasteiger partial charge in [-0.2, -0.15) is 0 Å². The molecule has 0 spiro atoms. The van der Waals surface area contributed by atoms with Gasteiger partial charge in [-0.05, 0) is 75.3 Å². The van der Waals surface area contributed by atoms with Gasteiger partial charge in [-0.15, -0.1) is 0 Å². The zero-order chi connectivity index (χ0) is 21.6. The molecule has 4 bridgehead atoms. The molecule has 0 atom stereocenters. The topological polar surface area (TPSA) is 69.6 Å². The summed E-state index contributed by atoms with van der Waals surface area (Å²) in [5, 5.41) is 3.86. The Morgan fingerprint density at radius 3 is 2.45 bits per heavy atom. The predicted octanol–water partition coefficient (Wildman–Crippen LogP) is 3.75. The maximum Gasteiger partial charge on any atom is 0.257 e. The number of aromatic nitrogens is 1. The first-order valence-electron chi connectivity index (χ1n) is 11.6. The molecule has 4 aliphatic rings. The molecule has 6 heteroatoms. The number of rotatable bonds is 7. The molecule has 0 radical (unpaired) electrons. The van der Waals surface area contributed by atoms with E-state index in [0.717, 1.165) is 37.0 Å². The molecule has 6 rings (SSSR count). The van der Waals surface area contributed by atoms with E-state index in [9.17, 15) is 9.59 Å². The molecule has 31 heavy (non-hydrogen) atoms. The lowest BCUT2D eigenvalue weighted by molar-refractivity contribution is -0.0167. The average molecular weight is 424 g/mol. The van der Waals surface area contributed by atoms with Crippen LogP contribution in [0.3, 0.4) is 0 Å². The summed E-state index contributed by atoms with van der Waals surface area (Å²) in [6.07, 6.45) is 8.82. The first-order valence-corrected chi connectivity index (χ1v) is 11.6. The molecule has 1 heterocycles. The van der Waals surface area contributed by atoms with Gasteiger partial charge in [0.15, 0.2) is 0 Å². The number of carbonyl (C=O) groups is 1. The van der Waals surface area contributed by atoms with Gasteiger partial charge >= 0.3 is 0 Å². The Labute approximate surface area is 182 Å². The summed E-state index contributed by atoms with van der Waals surface area (Å²) >= 11 is 0. The van der Waals surface area contributed by atoms with Crippen LogP contribution < -0.4 is 15.5 Å². The lowest BCUT2D eigenvalue weighted by Gasteiger charge is -2.56. The van der Waals surface area contributed by atoms with E-state index in [1.165, 1.54) is 19.3 Å². The van der Waals surface area contributed by atoms with Crippen LogP contribution in [0.2, 0.25) is 0 Å². The lowest BCUT2D eigenvalue weighted by Crippen LogP contribution is -2.60. The normalized spacial score (nSPS) is 28.8. The molecule has 4 fully saturated rings. The number of para-hydroxylation sites is 1. The maximum absolute atomic E-state index is 13.4. The van der Waals surface area contributed by atoms with Crippen LogP contribution >= 0.6 is 0 Å². The van der Waals surface area contributed by atoms with Gasteiger partial charge in [0.05, 0.1) is 24.6 Å². The molecule has 6 nitrogen and oxygen atoms in total. The lowest BCUT2D eigenvalue weighted by atomic mass is 9.53. The molecule has 2 aromatic rings. The summed E-state index contributed by atoms with van der Waals surface area (Å²) in [6.45, 7) is 3.62. The van der Waals surface area contributed by atoms with Crippen molar-refractivity contribution >= 4 is 16.8 Å². The second kappa shape index (κ2) is 7.97. The Balaban J connectivity index is 1.51. The number of carbonyl (C=O) groups excluding carboxylic acids is 1. The summed E-state index contributed by atoms with van der Waals surface area (Å²) in [5.41, 5.74) is 0.565. The Morgan fingerprint density at radius 1 is 1.16 bits per heavy atom. The third-order valence-electron chi connectivity index (χ3n) is 7.62. The highest BCUT2D eigenvalue weighted by molar-refractivity contribution is 5.98. The van der Waals surface area contributed by atoms with Gasteiger partial charge in [0, 0.05) is 24.9 Å². The Kier molecular flexibility index (Phi) is 5.29. The van der Waals surface area contributed by atoms with Crippen LogP contribution in [0.4, 0.5) is 0 Å². The number of pyridine rings is 1. The van der Waals surface area contributed by atoms with Gasteiger partial charge < -0.3 is 19.4 Å². The fourth-order valence-corrected chi connectivity index (χ4v) is 6.81. The van der Waals surface area contributed by atoms with Crippen LogP contribution in [-0.2, 0) is 11.3 Å². The Morgan fingerprint density at radius 2 is 1.84 bits per heavy atom. The molecule has 0 saturated heterocycles. The van der Waals surface area contributed by atoms with Crippen molar-refractivity contribution in [3.8, 4) is 5.75 Å². The van der Waals surface area contributed by atoms with Crippen molar-refractivity contribution < 1.29 is 14.3 Å². The fourth-order valence-electron chi connectivity index (χ4n) is 6.81. The number of fused-ring (bicyclic) bond motifs is 1. The van der Waals surface area contributed by atoms with Gasteiger partial charge in [0.25, 0.3) is 5.91 Å². The minimum atomic E-state index is -0.234. The third kappa shape index (κ3) is 3.65. The van der Waals surface area contributed by atoms with Gasteiger partial charge in [-0.25, -0.2) is 0 Å². The highest BCUT2D eigenvalue weighted by atomic mass is 16.5. The number of benzene rings is 1. The van der Waals surface area contributed by atoms with Gasteiger partial charge in [-0.3, -0.25) is 9.59 Å². The number of nitrogens with one attached hydrogen (secondary N) is 1. The van der Waals surface area contributed by atoms with Gasteiger partial charge in [-0.1, -0.05) is 6.07 Å². The molecule has 4 saturated carbocycles. The van der Waals surface area contributed by atoms with Crippen molar-refractivity contribution in [1.82, 2.24) is 9.88 Å². The third-order valence-corrected chi connectivity index (χ3v) is 7.62. The van der Waals surface area contributed by atoms with E-state index in [2.05, 4.69) is 5.32 Å². The zero-order valence-electron chi connectivity index (χ0n) is 18.5. The van der Waals surface area contributed by atoms with Crippen LogP contribution in [0, 0.1) is 17.8 Å². The van der Waals surface area contributed by atoms with Gasteiger partial charge in [0.1, 0.15) is 11.3 Å². The molecule has 0 aliphatic heterocycles. The number of methoxy groups -OCH3 is 1. The molecular formula is C25H32N2O4. The molecule has 1 aromatic heterocycles. The SMILES string of the molecule is CCOCCn1cc(C(=O)NC23CC4CC(CC(C4)C2)C3)c(=O)c2cccc(O[11CH3])c21. The highest BCUT2D eigenvalue weighted by Gasteiger charge is 2.51. The first-order chi connectivity index (χ1) is 15.0. The Hall–Kier alpha value is -2.34. The molecule has 1 N–H and O–H groups in total. The monoisotopic (exact) mass is 423 g/mol. The van der Waals surface area contributed by atoms with E-state index >= 15 is 0 Å². The maximum atomic E-state index is 13.4. The number of nitrogens with zero attached hydrogens (tertiary/aromatic N) is 1. The van der Waals surface area contributed by atoms with Crippen molar-refractivity contribution in [3.05, 3.63) is 40.2 Å². The smallest absolute Gasteiger partial charge is 0.257 e. The first kappa shape index (κ1) is 20.6. The predicted molar refractivity (Wildman–Crippen MR) is 120 cm³/mol. The summed E-state index contributed by atoms with van der Waals surface area (Å²) in [4.78, 5) is 26.8. The summed E-state index contributed by atoms with van der Waals surface area (Å²) in [7, 11) is 1.60. The minimum absolute atomic E-state index is 0.127. The van der Waals surface area contributed by atoms with E-state index in [1.54, 1.807) is 25.4 Å². The second-order valence-corrected chi connectivity index (χ2v) is 9.77. The molecule has 166 valence electrons. The standard InChI is InChI=1S/C25H32N2O4/c1-3-31-8-7-27-15-20(23(28)19-5-4-6-21(30-2)22(19)27)24(29)26-25-12-16-9-17(13-25)11-18(10-16)14-25/h4-6,15-18H,3,7-14H2,1-2H3,(H,26,29)/i2-1. The average Bonchev–Trinajstić information content (AvgIpc) is 2.73. The molecule has 0 unspecified atom stereocenters. The second-order valence-electron chi connectivity index (χ2n) is 9.77. The summed E-state index contributed by atoms with van der Waals surface area (Å²) in [6, 6.07) is 5.42. The molecule has 1 aromatic carbocycles. The van der Waals surface area contributed by atoms with Crippen molar-refractivity contribution in [3.63, 3.8) is 0 Å². The largest absolute Gasteiger partial charge is 0.495 e. The van der Waals surface area contributed by atoms with Crippen molar-refractivity contribution in [2.75, 3.05) is 20.3 Å². The van der Waals surface area contributed by atoms with Crippen LogP contribution in [0.1, 0.15) is 55.8 Å². The van der Waals surface area contributed by atoms with Gasteiger partial charge in [0.2, 0.25) is 5.43 Å². The van der Waals surface area contributed by atoms with Crippen LogP contribution in [-0.4, -0.2) is 36.3 Å². The quantitative estimate of drug-likeness (QED) is 0.689. The number of amides is 1. The molecule has 4 aliphatic carbocycles.